The molecular weight excluding hydrogens is 382 g/mol. The molecule has 7 nitrogen and oxygen atoms in total. The molecule has 1 aromatic heterocycles. The molecule has 1 aliphatic rings. The summed E-state index contributed by atoms with van der Waals surface area (Å²) in [7, 11) is 3.94. The van der Waals surface area contributed by atoms with Crippen LogP contribution in [0.4, 0.5) is 0 Å². The number of rotatable bonds is 7. The number of likely N-dealkylation sites (N-methyl/N-ethyl adjacent to an activating group) is 1. The normalized spacial score (nSPS) is 18.5. The van der Waals surface area contributed by atoms with Crippen LogP contribution in [-0.2, 0) is 9.59 Å². The minimum Gasteiger partial charge on any atom is -0.872 e. The summed E-state index contributed by atoms with van der Waals surface area (Å²) in [4.78, 5) is 32.4. The van der Waals surface area contributed by atoms with Gasteiger partial charge >= 0.3 is 0 Å². The van der Waals surface area contributed by atoms with E-state index in [4.69, 9.17) is 4.74 Å². The highest BCUT2D eigenvalue weighted by atomic mass is 16.5. The molecule has 1 amide bonds. The van der Waals surface area contributed by atoms with Gasteiger partial charge in [0, 0.05) is 18.0 Å². The van der Waals surface area contributed by atoms with Gasteiger partial charge in [-0.15, -0.1) is 0 Å². The van der Waals surface area contributed by atoms with E-state index < -0.39 is 23.5 Å². The maximum atomic E-state index is 13.3. The van der Waals surface area contributed by atoms with Gasteiger partial charge in [-0.05, 0) is 43.2 Å². The van der Waals surface area contributed by atoms with Crippen LogP contribution in [0.2, 0.25) is 0 Å². The highest BCUT2D eigenvalue weighted by Gasteiger charge is 2.44. The second-order valence-electron chi connectivity index (χ2n) is 7.91. The van der Waals surface area contributed by atoms with E-state index in [9.17, 15) is 14.7 Å². The Labute approximate surface area is 176 Å². The van der Waals surface area contributed by atoms with E-state index in [2.05, 4.69) is 4.98 Å². The van der Waals surface area contributed by atoms with Crippen LogP contribution >= 0.6 is 0 Å². The van der Waals surface area contributed by atoms with Gasteiger partial charge in [-0.3, -0.25) is 14.6 Å². The number of benzene rings is 1. The highest BCUT2D eigenvalue weighted by molar-refractivity contribution is 6.46. The quantitative estimate of drug-likeness (QED) is 0.402. The van der Waals surface area contributed by atoms with Gasteiger partial charge in [0.1, 0.15) is 5.75 Å². The Morgan fingerprint density at radius 3 is 2.47 bits per heavy atom. The molecule has 1 saturated heterocycles. The van der Waals surface area contributed by atoms with Crippen LogP contribution in [0.25, 0.3) is 5.76 Å². The number of ketones is 1. The van der Waals surface area contributed by atoms with Gasteiger partial charge in [0.25, 0.3) is 5.91 Å². The first-order valence-electron chi connectivity index (χ1n) is 10.0. The first-order chi connectivity index (χ1) is 14.3. The number of Topliss-reactive ketones (excluding diaryl/α,β-unsaturated/α-hetero) is 1. The summed E-state index contributed by atoms with van der Waals surface area (Å²) >= 11 is 0. The molecule has 1 aliphatic heterocycles. The Bertz CT molecular complexity index is 937. The molecule has 0 bridgehead atoms. The van der Waals surface area contributed by atoms with Crippen molar-refractivity contribution in [2.24, 2.45) is 0 Å². The number of nitrogens with one attached hydrogen (secondary N) is 1. The van der Waals surface area contributed by atoms with E-state index in [1.54, 1.807) is 48.8 Å². The van der Waals surface area contributed by atoms with Crippen LogP contribution in [0.3, 0.4) is 0 Å². The number of pyridine rings is 1. The zero-order chi connectivity index (χ0) is 21.8. The number of likely N-dealkylation sites (tertiary alicyclic amines) is 1. The van der Waals surface area contributed by atoms with Crippen molar-refractivity contribution in [2.45, 2.75) is 26.0 Å². The molecular formula is C23H27N3O4. The zero-order valence-corrected chi connectivity index (χ0v) is 17.7. The third-order valence-corrected chi connectivity index (χ3v) is 4.87. The van der Waals surface area contributed by atoms with Gasteiger partial charge < -0.3 is 19.6 Å². The first-order valence-corrected chi connectivity index (χ1v) is 10.0. The van der Waals surface area contributed by atoms with Crippen molar-refractivity contribution >= 4 is 17.4 Å². The van der Waals surface area contributed by atoms with E-state index >= 15 is 0 Å². The van der Waals surface area contributed by atoms with Crippen LogP contribution in [-0.4, -0.2) is 54.9 Å². The zero-order valence-electron chi connectivity index (χ0n) is 17.7. The van der Waals surface area contributed by atoms with Crippen LogP contribution in [0.1, 0.15) is 31.0 Å². The van der Waals surface area contributed by atoms with E-state index in [1.165, 1.54) is 4.90 Å². The fraction of sp³-hybridized carbons (Fsp3) is 0.348. The summed E-state index contributed by atoms with van der Waals surface area (Å²) in [6.07, 6.45) is 3.22. The smallest absolute Gasteiger partial charge is 0.295 e. The number of hydrogen-bond acceptors (Lipinski definition) is 5. The van der Waals surface area contributed by atoms with Crippen molar-refractivity contribution in [1.82, 2.24) is 9.88 Å². The monoisotopic (exact) mass is 409 g/mol. The molecule has 1 unspecified atom stereocenters. The van der Waals surface area contributed by atoms with Crippen molar-refractivity contribution in [3.8, 4) is 5.75 Å². The van der Waals surface area contributed by atoms with Crippen molar-refractivity contribution in [2.75, 3.05) is 27.2 Å². The van der Waals surface area contributed by atoms with Crippen LogP contribution in [0.5, 0.6) is 5.75 Å². The number of carbonyl (C=O) groups is 2. The summed E-state index contributed by atoms with van der Waals surface area (Å²) < 4.78 is 5.62. The Morgan fingerprint density at radius 2 is 1.90 bits per heavy atom. The van der Waals surface area contributed by atoms with Gasteiger partial charge in [0.05, 0.1) is 39.3 Å². The number of carbonyl (C=O) groups excluding carboxylic acids is 2. The molecule has 1 aromatic carbocycles. The van der Waals surface area contributed by atoms with Crippen molar-refractivity contribution in [3.63, 3.8) is 0 Å². The summed E-state index contributed by atoms with van der Waals surface area (Å²) in [5, 5.41) is 13.3. The molecule has 3 rings (SSSR count). The maximum Gasteiger partial charge on any atom is 0.295 e. The van der Waals surface area contributed by atoms with Gasteiger partial charge in [0.2, 0.25) is 5.78 Å². The molecule has 0 radical (unpaired) electrons. The Morgan fingerprint density at radius 1 is 1.20 bits per heavy atom. The summed E-state index contributed by atoms with van der Waals surface area (Å²) in [6.45, 7) is 4.85. The number of amides is 1. The molecule has 0 spiro atoms. The first kappa shape index (κ1) is 21.5. The number of ether oxygens (including phenoxy) is 1. The second kappa shape index (κ2) is 9.09. The number of hydrogen-bond donors (Lipinski definition) is 1. The summed E-state index contributed by atoms with van der Waals surface area (Å²) in [6, 6.07) is 9.42. The lowest BCUT2D eigenvalue weighted by molar-refractivity contribution is -0.857. The fourth-order valence-corrected chi connectivity index (χ4v) is 3.44. The fourth-order valence-electron chi connectivity index (χ4n) is 3.44. The van der Waals surface area contributed by atoms with Crippen molar-refractivity contribution in [3.05, 3.63) is 65.5 Å². The summed E-state index contributed by atoms with van der Waals surface area (Å²) in [5.74, 6) is -1.20. The third kappa shape index (κ3) is 4.52. The molecule has 1 atom stereocenters. The number of nitrogens with zero attached hydrogens (tertiary/aromatic N) is 2. The maximum absolute atomic E-state index is 13.3. The van der Waals surface area contributed by atoms with E-state index in [-0.39, 0.29) is 11.7 Å². The molecule has 1 fully saturated rings. The lowest BCUT2D eigenvalue weighted by atomic mass is 9.96. The predicted molar refractivity (Wildman–Crippen MR) is 111 cm³/mol. The predicted octanol–water partition coefficient (Wildman–Crippen LogP) is 0.237. The molecule has 158 valence electrons. The van der Waals surface area contributed by atoms with E-state index in [0.29, 0.717) is 30.0 Å². The number of aromatic nitrogens is 1. The van der Waals surface area contributed by atoms with Crippen LogP contribution < -0.4 is 14.7 Å². The largest absolute Gasteiger partial charge is 0.872 e. The average molecular weight is 409 g/mol. The van der Waals surface area contributed by atoms with E-state index in [1.807, 2.05) is 27.9 Å². The highest BCUT2D eigenvalue weighted by Crippen LogP contribution is 2.38. The molecule has 0 aliphatic carbocycles. The molecule has 1 N–H and O–H groups in total. The Hall–Kier alpha value is -3.19. The third-order valence-electron chi connectivity index (χ3n) is 4.87. The molecule has 0 saturated carbocycles. The number of quaternary nitrogens is 1. The minimum absolute atomic E-state index is 0.0114. The van der Waals surface area contributed by atoms with Gasteiger partial charge in [-0.25, -0.2) is 0 Å². The van der Waals surface area contributed by atoms with Crippen LogP contribution in [0.15, 0.2) is 54.4 Å². The van der Waals surface area contributed by atoms with Crippen LogP contribution in [0, 0.1) is 0 Å². The van der Waals surface area contributed by atoms with Crippen molar-refractivity contribution in [1.29, 1.82) is 0 Å². The van der Waals surface area contributed by atoms with Gasteiger partial charge in [-0.1, -0.05) is 24.0 Å². The topological polar surface area (TPSA) is 87.0 Å². The minimum atomic E-state index is -0.745. The summed E-state index contributed by atoms with van der Waals surface area (Å²) in [5.41, 5.74) is 0.962. The molecule has 7 heteroatoms. The Kier molecular flexibility index (Phi) is 6.52. The lowest BCUT2D eigenvalue weighted by Crippen LogP contribution is -3.06. The average Bonchev–Trinajstić information content (AvgIpc) is 2.97. The molecule has 2 aromatic rings. The SMILES string of the molecule is CC(C)Oc1ccc(/C([O-])=C2\C(=O)C(=O)N(CC[NH+](C)C)C2c2cccnc2)cc1. The second-order valence-corrected chi connectivity index (χ2v) is 7.91. The van der Waals surface area contributed by atoms with E-state index in [0.717, 1.165) is 4.90 Å². The molecule has 30 heavy (non-hydrogen) atoms. The molecule has 2 heterocycles. The van der Waals surface area contributed by atoms with Crippen molar-refractivity contribution < 1.29 is 24.3 Å². The van der Waals surface area contributed by atoms with Gasteiger partial charge in [0.15, 0.2) is 0 Å². The Balaban J connectivity index is 2.05. The lowest BCUT2D eigenvalue weighted by Gasteiger charge is -2.27. The standard InChI is InChI=1S/C23H27N3O4/c1-15(2)30-18-9-7-16(8-10-18)21(27)19-20(17-6-5-11-24-14-17)26(13-12-25(3)4)23(29)22(19)28/h5-11,14-15,20,27H,12-13H2,1-4H3/b21-19+. The van der Waals surface area contributed by atoms with Gasteiger partial charge in [-0.2, -0.15) is 0 Å².